The first kappa shape index (κ1) is 21.8. The summed E-state index contributed by atoms with van der Waals surface area (Å²) in [6.45, 7) is 1.52. The van der Waals surface area contributed by atoms with Crippen molar-refractivity contribution in [3.05, 3.63) is 88.0 Å². The van der Waals surface area contributed by atoms with Crippen molar-refractivity contribution in [2.45, 2.75) is 11.8 Å². The zero-order valence-electron chi connectivity index (χ0n) is 16.7. The van der Waals surface area contributed by atoms with Crippen LogP contribution in [0.15, 0.2) is 76.7 Å². The third kappa shape index (κ3) is 5.37. The Morgan fingerprint density at radius 3 is 2.45 bits per heavy atom. The number of ether oxygens (including phenoxy) is 1. The van der Waals surface area contributed by atoms with Crippen LogP contribution in [-0.2, 0) is 10.1 Å². The van der Waals surface area contributed by atoms with Crippen LogP contribution >= 0.6 is 0 Å². The molecule has 1 N–H and O–H groups in total. The second kappa shape index (κ2) is 9.26. The molecule has 0 aliphatic heterocycles. The van der Waals surface area contributed by atoms with Gasteiger partial charge < -0.3 is 8.92 Å². The van der Waals surface area contributed by atoms with Gasteiger partial charge in [0, 0.05) is 12.1 Å². The number of nitrogens with zero attached hydrogens (tertiary/aromatic N) is 2. The van der Waals surface area contributed by atoms with E-state index in [4.69, 9.17) is 8.92 Å². The Bertz CT molecular complexity index is 1230. The minimum atomic E-state index is -4.33. The van der Waals surface area contributed by atoms with Crippen LogP contribution in [0.5, 0.6) is 11.5 Å². The van der Waals surface area contributed by atoms with Gasteiger partial charge >= 0.3 is 10.1 Å². The minimum absolute atomic E-state index is 0.0541. The molecule has 0 unspecified atom stereocenters. The van der Waals surface area contributed by atoms with Crippen molar-refractivity contribution < 1.29 is 22.3 Å². The van der Waals surface area contributed by atoms with Crippen LogP contribution in [-0.4, -0.2) is 26.7 Å². The molecule has 0 saturated carbocycles. The molecule has 0 radical (unpaired) electrons. The molecule has 0 atom stereocenters. The van der Waals surface area contributed by atoms with Crippen molar-refractivity contribution in [2.75, 3.05) is 12.5 Å². The molecule has 9 nitrogen and oxygen atoms in total. The Morgan fingerprint density at radius 2 is 1.77 bits per heavy atom. The number of anilines is 1. The number of nitro benzene ring substituents is 1. The molecule has 0 amide bonds. The summed E-state index contributed by atoms with van der Waals surface area (Å²) in [5.41, 5.74) is 4.29. The second-order valence-corrected chi connectivity index (χ2v) is 7.91. The maximum atomic E-state index is 12.7. The van der Waals surface area contributed by atoms with Crippen LogP contribution in [0.1, 0.15) is 11.1 Å². The third-order valence-corrected chi connectivity index (χ3v) is 5.60. The van der Waals surface area contributed by atoms with Crippen LogP contribution < -0.4 is 14.3 Å². The lowest BCUT2D eigenvalue weighted by molar-refractivity contribution is -0.385. The molecule has 0 heterocycles. The van der Waals surface area contributed by atoms with Gasteiger partial charge in [0.25, 0.3) is 5.69 Å². The molecule has 0 aromatic heterocycles. The van der Waals surface area contributed by atoms with Crippen LogP contribution in [0, 0.1) is 17.0 Å². The highest BCUT2D eigenvalue weighted by atomic mass is 32.2. The summed E-state index contributed by atoms with van der Waals surface area (Å²) >= 11 is 0. The Kier molecular flexibility index (Phi) is 6.51. The van der Waals surface area contributed by atoms with Crippen LogP contribution in [0.3, 0.4) is 0 Å². The Balaban J connectivity index is 1.83. The number of methoxy groups -OCH3 is 1. The average molecular weight is 441 g/mol. The molecule has 3 aromatic rings. The first-order chi connectivity index (χ1) is 14.8. The fourth-order valence-corrected chi connectivity index (χ4v) is 3.85. The lowest BCUT2D eigenvalue weighted by Gasteiger charge is -2.12. The fraction of sp³-hybridized carbons (Fsp3) is 0.0952. The number of nitro groups is 1. The van der Waals surface area contributed by atoms with E-state index in [1.54, 1.807) is 18.3 Å². The number of hydrazone groups is 1. The molecular formula is C21H19N3O6S. The van der Waals surface area contributed by atoms with Gasteiger partial charge in [-0.15, -0.1) is 0 Å². The molecule has 0 fully saturated rings. The molecule has 0 spiro atoms. The van der Waals surface area contributed by atoms with Crippen molar-refractivity contribution in [2.24, 2.45) is 5.10 Å². The smallest absolute Gasteiger partial charge is 0.339 e. The van der Waals surface area contributed by atoms with Gasteiger partial charge in [-0.2, -0.15) is 13.5 Å². The van der Waals surface area contributed by atoms with Crippen LogP contribution in [0.25, 0.3) is 0 Å². The number of benzene rings is 3. The number of non-ortho nitro benzene ring substituents is 1. The monoisotopic (exact) mass is 441 g/mol. The zero-order chi connectivity index (χ0) is 22.4. The first-order valence-corrected chi connectivity index (χ1v) is 10.4. The van der Waals surface area contributed by atoms with E-state index >= 15 is 0 Å². The summed E-state index contributed by atoms with van der Waals surface area (Å²) < 4.78 is 35.9. The van der Waals surface area contributed by atoms with E-state index in [9.17, 15) is 18.5 Å². The number of hydrogen-bond acceptors (Lipinski definition) is 8. The highest BCUT2D eigenvalue weighted by Crippen LogP contribution is 2.32. The summed E-state index contributed by atoms with van der Waals surface area (Å²) in [6, 6.07) is 17.5. The summed E-state index contributed by atoms with van der Waals surface area (Å²) in [7, 11) is -2.96. The van der Waals surface area contributed by atoms with E-state index in [-0.39, 0.29) is 22.1 Å². The molecular weight excluding hydrogens is 422 g/mol. The van der Waals surface area contributed by atoms with Gasteiger partial charge in [0.2, 0.25) is 0 Å². The van der Waals surface area contributed by atoms with Gasteiger partial charge in [-0.1, -0.05) is 24.3 Å². The van der Waals surface area contributed by atoms with E-state index in [1.165, 1.54) is 32.2 Å². The van der Waals surface area contributed by atoms with Crippen LogP contribution in [0.2, 0.25) is 0 Å². The normalized spacial score (nSPS) is 11.3. The minimum Gasteiger partial charge on any atom is -0.493 e. The summed E-state index contributed by atoms with van der Waals surface area (Å²) in [4.78, 5) is 10.0. The van der Waals surface area contributed by atoms with Gasteiger partial charge in [0.1, 0.15) is 4.90 Å². The highest BCUT2D eigenvalue weighted by Gasteiger charge is 2.24. The summed E-state index contributed by atoms with van der Waals surface area (Å²) in [5, 5.41) is 15.1. The molecule has 0 bridgehead atoms. The first-order valence-electron chi connectivity index (χ1n) is 9.02. The van der Waals surface area contributed by atoms with E-state index in [0.717, 1.165) is 11.8 Å². The number of hydrogen-bond donors (Lipinski definition) is 1. The van der Waals surface area contributed by atoms with E-state index in [0.29, 0.717) is 11.1 Å². The topological polar surface area (TPSA) is 120 Å². The third-order valence-electron chi connectivity index (χ3n) is 4.22. The van der Waals surface area contributed by atoms with E-state index in [1.807, 2.05) is 30.3 Å². The zero-order valence-corrected chi connectivity index (χ0v) is 17.5. The van der Waals surface area contributed by atoms with E-state index < -0.39 is 15.0 Å². The standard InChI is InChI=1S/C21H19N3O6S/c1-15-8-10-18(24(25)26)13-21(15)31(27,28)30-19-11-9-16(12-20(19)29-2)14-22-23-17-6-4-3-5-7-17/h3-14,23H,1-2H3/b22-14-. The molecule has 10 heteroatoms. The number of aryl methyl sites for hydroxylation is 1. The Labute approximate surface area is 179 Å². The van der Waals surface area contributed by atoms with Gasteiger partial charge in [0.15, 0.2) is 11.5 Å². The summed E-state index contributed by atoms with van der Waals surface area (Å²) in [5.74, 6) is 0.108. The maximum absolute atomic E-state index is 12.7. The van der Waals surface area contributed by atoms with Crippen LogP contribution in [0.4, 0.5) is 11.4 Å². The number of para-hydroxylation sites is 1. The van der Waals surface area contributed by atoms with Crippen molar-refractivity contribution in [1.82, 2.24) is 0 Å². The molecule has 160 valence electrons. The average Bonchev–Trinajstić information content (AvgIpc) is 2.75. The molecule has 0 saturated heterocycles. The van der Waals surface area contributed by atoms with Crippen molar-refractivity contribution >= 4 is 27.7 Å². The van der Waals surface area contributed by atoms with Gasteiger partial charge in [-0.3, -0.25) is 15.5 Å². The molecule has 0 aliphatic rings. The van der Waals surface area contributed by atoms with Crippen molar-refractivity contribution in [1.29, 1.82) is 0 Å². The largest absolute Gasteiger partial charge is 0.493 e. The fourth-order valence-electron chi connectivity index (χ4n) is 2.66. The van der Waals surface area contributed by atoms with Gasteiger partial charge in [0.05, 0.1) is 23.9 Å². The predicted octanol–water partition coefficient (Wildman–Crippen LogP) is 4.13. The number of nitrogens with one attached hydrogen (secondary N) is 1. The lowest BCUT2D eigenvalue weighted by Crippen LogP contribution is -2.12. The lowest BCUT2D eigenvalue weighted by atomic mass is 10.2. The SMILES string of the molecule is COc1cc(/C=N\Nc2ccccc2)ccc1OS(=O)(=O)c1cc([N+](=O)[O-])ccc1C. The predicted molar refractivity (Wildman–Crippen MR) is 116 cm³/mol. The number of rotatable bonds is 8. The van der Waals surface area contributed by atoms with Gasteiger partial charge in [-0.05, 0) is 48.4 Å². The van der Waals surface area contributed by atoms with Crippen molar-refractivity contribution in [3.63, 3.8) is 0 Å². The summed E-state index contributed by atoms with van der Waals surface area (Å²) in [6.07, 6.45) is 1.54. The Hall–Kier alpha value is -3.92. The quantitative estimate of drug-likeness (QED) is 0.241. The molecule has 3 aromatic carbocycles. The van der Waals surface area contributed by atoms with Crippen molar-refractivity contribution in [3.8, 4) is 11.5 Å². The van der Waals surface area contributed by atoms with Gasteiger partial charge in [-0.25, -0.2) is 0 Å². The van der Waals surface area contributed by atoms with E-state index in [2.05, 4.69) is 10.5 Å². The molecule has 0 aliphatic carbocycles. The second-order valence-electron chi connectivity index (χ2n) is 6.39. The highest BCUT2D eigenvalue weighted by molar-refractivity contribution is 7.87. The Morgan fingerprint density at radius 1 is 1.03 bits per heavy atom. The molecule has 31 heavy (non-hydrogen) atoms. The molecule has 3 rings (SSSR count). The maximum Gasteiger partial charge on any atom is 0.339 e.